The zero-order valence-corrected chi connectivity index (χ0v) is 12.0. The molecule has 0 amide bonds. The third-order valence-corrected chi connectivity index (χ3v) is 3.00. The summed E-state index contributed by atoms with van der Waals surface area (Å²) in [6.45, 7) is 8.23. The van der Waals surface area contributed by atoms with Gasteiger partial charge in [0.2, 0.25) is 0 Å². The molecule has 1 N–H and O–H groups in total. The third-order valence-electron chi connectivity index (χ3n) is 2.55. The molecule has 0 heterocycles. The Hall–Kier alpha value is -1.09. The van der Waals surface area contributed by atoms with Crippen LogP contribution in [0.15, 0.2) is 24.3 Å². The second-order valence-electron chi connectivity index (χ2n) is 4.92. The van der Waals surface area contributed by atoms with Crippen molar-refractivity contribution in [3.8, 4) is 0 Å². The Bertz CT molecular complexity index is 357. The van der Waals surface area contributed by atoms with Crippen LogP contribution in [0.2, 0.25) is 0 Å². The van der Waals surface area contributed by atoms with Crippen molar-refractivity contribution in [3.63, 3.8) is 0 Å². The summed E-state index contributed by atoms with van der Waals surface area (Å²) in [4.78, 5) is 2.07. The molecule has 1 aromatic carbocycles. The molecule has 0 saturated heterocycles. The first-order valence-corrected chi connectivity index (χ1v) is 6.44. The van der Waals surface area contributed by atoms with Crippen LogP contribution in [0.25, 0.3) is 0 Å². The topological polar surface area (TPSA) is 15.3 Å². The molecule has 0 radical (unpaired) electrons. The lowest BCUT2D eigenvalue weighted by Crippen LogP contribution is -2.38. The molecular weight excluding hydrogens is 228 g/mol. The van der Waals surface area contributed by atoms with Crippen LogP contribution in [0, 0.1) is 12.8 Å². The van der Waals surface area contributed by atoms with Crippen LogP contribution in [0.3, 0.4) is 0 Å². The van der Waals surface area contributed by atoms with Gasteiger partial charge in [-0.2, -0.15) is 0 Å². The van der Waals surface area contributed by atoms with Gasteiger partial charge in [0.15, 0.2) is 5.11 Å². The maximum atomic E-state index is 5.33. The summed E-state index contributed by atoms with van der Waals surface area (Å²) >= 11 is 5.33. The fourth-order valence-corrected chi connectivity index (χ4v) is 1.61. The Balaban J connectivity index is 2.45. The van der Waals surface area contributed by atoms with E-state index in [9.17, 15) is 0 Å². The predicted octanol–water partition coefficient (Wildman–Crippen LogP) is 2.96. The number of hydrogen-bond donors (Lipinski definition) is 1. The van der Waals surface area contributed by atoms with Crippen LogP contribution in [0.1, 0.15) is 25.0 Å². The van der Waals surface area contributed by atoms with E-state index in [1.165, 1.54) is 11.1 Å². The number of benzene rings is 1. The second kappa shape index (κ2) is 6.60. The molecule has 0 aliphatic rings. The molecule has 0 unspecified atom stereocenters. The van der Waals surface area contributed by atoms with Gasteiger partial charge >= 0.3 is 0 Å². The number of nitrogens with zero attached hydrogens (tertiary/aromatic N) is 1. The first-order valence-electron chi connectivity index (χ1n) is 6.03. The first-order chi connectivity index (χ1) is 7.99. The average molecular weight is 250 g/mol. The van der Waals surface area contributed by atoms with Crippen molar-refractivity contribution < 1.29 is 0 Å². The Morgan fingerprint density at radius 1 is 1.29 bits per heavy atom. The molecule has 0 atom stereocenters. The van der Waals surface area contributed by atoms with Gasteiger partial charge in [-0.1, -0.05) is 43.7 Å². The lowest BCUT2D eigenvalue weighted by atomic mass is 10.1. The molecular formula is C14H22N2S. The van der Waals surface area contributed by atoms with Crippen LogP contribution in [-0.4, -0.2) is 23.6 Å². The molecule has 0 aliphatic heterocycles. The SMILES string of the molecule is Cc1ccc(CN(C)C(=S)NCC(C)C)cc1. The summed E-state index contributed by atoms with van der Waals surface area (Å²) in [6.07, 6.45) is 0. The van der Waals surface area contributed by atoms with E-state index in [1.54, 1.807) is 0 Å². The van der Waals surface area contributed by atoms with Gasteiger partial charge in [0.1, 0.15) is 0 Å². The van der Waals surface area contributed by atoms with Gasteiger partial charge in [-0.05, 0) is 30.6 Å². The molecule has 0 aliphatic carbocycles. The highest BCUT2D eigenvalue weighted by molar-refractivity contribution is 7.80. The van der Waals surface area contributed by atoms with E-state index in [4.69, 9.17) is 12.2 Å². The monoisotopic (exact) mass is 250 g/mol. The van der Waals surface area contributed by atoms with Crippen molar-refractivity contribution in [2.75, 3.05) is 13.6 Å². The van der Waals surface area contributed by atoms with E-state index < -0.39 is 0 Å². The lowest BCUT2D eigenvalue weighted by Gasteiger charge is -2.22. The van der Waals surface area contributed by atoms with Crippen LogP contribution < -0.4 is 5.32 Å². The van der Waals surface area contributed by atoms with E-state index in [1.807, 2.05) is 7.05 Å². The molecule has 94 valence electrons. The van der Waals surface area contributed by atoms with E-state index in [-0.39, 0.29) is 0 Å². The Morgan fingerprint density at radius 2 is 1.88 bits per heavy atom. The molecule has 1 rings (SSSR count). The minimum Gasteiger partial charge on any atom is -0.362 e. The summed E-state index contributed by atoms with van der Waals surface area (Å²) in [5.74, 6) is 0.612. The van der Waals surface area contributed by atoms with Crippen molar-refractivity contribution in [1.82, 2.24) is 10.2 Å². The number of hydrogen-bond acceptors (Lipinski definition) is 1. The highest BCUT2D eigenvalue weighted by Gasteiger charge is 2.05. The van der Waals surface area contributed by atoms with Crippen molar-refractivity contribution in [2.45, 2.75) is 27.3 Å². The first kappa shape index (κ1) is 14.0. The van der Waals surface area contributed by atoms with Gasteiger partial charge in [0.05, 0.1) is 0 Å². The van der Waals surface area contributed by atoms with Gasteiger partial charge in [0, 0.05) is 20.1 Å². The quantitative estimate of drug-likeness (QED) is 0.827. The number of nitrogens with one attached hydrogen (secondary N) is 1. The maximum Gasteiger partial charge on any atom is 0.168 e. The molecule has 17 heavy (non-hydrogen) atoms. The smallest absolute Gasteiger partial charge is 0.168 e. The predicted molar refractivity (Wildman–Crippen MR) is 78.1 cm³/mol. The average Bonchev–Trinajstić information content (AvgIpc) is 2.28. The van der Waals surface area contributed by atoms with E-state index in [2.05, 4.69) is 55.3 Å². The Morgan fingerprint density at radius 3 is 2.41 bits per heavy atom. The fraction of sp³-hybridized carbons (Fsp3) is 0.500. The molecule has 0 aromatic heterocycles. The molecule has 0 spiro atoms. The normalized spacial score (nSPS) is 10.4. The standard InChI is InChI=1S/C14H22N2S/c1-11(2)9-15-14(17)16(4)10-13-7-5-12(3)6-8-13/h5-8,11H,9-10H2,1-4H3,(H,15,17). The number of thiocarbonyl (C=S) groups is 1. The highest BCUT2D eigenvalue weighted by atomic mass is 32.1. The van der Waals surface area contributed by atoms with Gasteiger partial charge in [-0.15, -0.1) is 0 Å². The summed E-state index contributed by atoms with van der Waals surface area (Å²) in [5, 5.41) is 4.09. The third kappa shape index (κ3) is 5.18. The second-order valence-corrected chi connectivity index (χ2v) is 5.31. The zero-order valence-electron chi connectivity index (χ0n) is 11.2. The molecule has 0 bridgehead atoms. The van der Waals surface area contributed by atoms with Crippen LogP contribution in [-0.2, 0) is 6.54 Å². The molecule has 2 nitrogen and oxygen atoms in total. The largest absolute Gasteiger partial charge is 0.362 e. The van der Waals surface area contributed by atoms with Crippen LogP contribution >= 0.6 is 12.2 Å². The van der Waals surface area contributed by atoms with E-state index in [0.29, 0.717) is 5.92 Å². The molecule has 3 heteroatoms. The van der Waals surface area contributed by atoms with Crippen LogP contribution in [0.5, 0.6) is 0 Å². The molecule has 0 fully saturated rings. The lowest BCUT2D eigenvalue weighted by molar-refractivity contribution is 0.480. The highest BCUT2D eigenvalue weighted by Crippen LogP contribution is 2.06. The van der Waals surface area contributed by atoms with Crippen LogP contribution in [0.4, 0.5) is 0 Å². The minimum atomic E-state index is 0.612. The van der Waals surface area contributed by atoms with Gasteiger partial charge < -0.3 is 10.2 Å². The van der Waals surface area contributed by atoms with E-state index in [0.717, 1.165) is 18.2 Å². The number of rotatable bonds is 4. The van der Waals surface area contributed by atoms with Crippen molar-refractivity contribution >= 4 is 17.3 Å². The minimum absolute atomic E-state index is 0.612. The number of aryl methyl sites for hydroxylation is 1. The van der Waals surface area contributed by atoms with Gasteiger partial charge in [-0.3, -0.25) is 0 Å². The zero-order chi connectivity index (χ0) is 12.8. The fourth-order valence-electron chi connectivity index (χ4n) is 1.47. The summed E-state index contributed by atoms with van der Waals surface area (Å²) in [5.41, 5.74) is 2.57. The van der Waals surface area contributed by atoms with Gasteiger partial charge in [0.25, 0.3) is 0 Å². The molecule has 0 saturated carbocycles. The molecule has 1 aromatic rings. The summed E-state index contributed by atoms with van der Waals surface area (Å²) in [6, 6.07) is 8.56. The summed E-state index contributed by atoms with van der Waals surface area (Å²) in [7, 11) is 2.02. The van der Waals surface area contributed by atoms with E-state index >= 15 is 0 Å². The van der Waals surface area contributed by atoms with Crippen molar-refractivity contribution in [3.05, 3.63) is 35.4 Å². The summed E-state index contributed by atoms with van der Waals surface area (Å²) < 4.78 is 0. The van der Waals surface area contributed by atoms with Crippen molar-refractivity contribution in [2.24, 2.45) is 5.92 Å². The Kier molecular flexibility index (Phi) is 5.42. The Labute approximate surface area is 110 Å². The maximum absolute atomic E-state index is 5.33. The van der Waals surface area contributed by atoms with Crippen molar-refractivity contribution in [1.29, 1.82) is 0 Å². The van der Waals surface area contributed by atoms with Gasteiger partial charge in [-0.25, -0.2) is 0 Å².